The smallest absolute Gasteiger partial charge is 0.141 e. The van der Waals surface area contributed by atoms with E-state index in [1.54, 1.807) is 0 Å². The molecule has 0 bridgehead atoms. The van der Waals surface area contributed by atoms with E-state index < -0.39 is 0 Å². The lowest BCUT2D eigenvalue weighted by Crippen LogP contribution is -2.15. The lowest BCUT2D eigenvalue weighted by atomic mass is 10.0. The molecule has 108 valence electrons. The molecular weight excluding hydrogens is 272 g/mol. The molecule has 1 aliphatic rings. The average Bonchev–Trinajstić information content (AvgIpc) is 2.75. The molecule has 0 aliphatic heterocycles. The van der Waals surface area contributed by atoms with Crippen molar-refractivity contribution in [3.05, 3.63) is 28.8 Å². The fraction of sp³-hybridized carbons (Fsp3) is 0.500. The van der Waals surface area contributed by atoms with Gasteiger partial charge in [0.2, 0.25) is 0 Å². The van der Waals surface area contributed by atoms with Crippen molar-refractivity contribution >= 4 is 28.8 Å². The summed E-state index contributed by atoms with van der Waals surface area (Å²) < 4.78 is 0. The number of carbonyl (C=O) groups is 1. The number of benzene rings is 1. The van der Waals surface area contributed by atoms with Gasteiger partial charge in [0, 0.05) is 18.2 Å². The number of nitrogens with one attached hydrogen (secondary N) is 1. The average molecular weight is 293 g/mol. The first kappa shape index (κ1) is 15.2. The Hall–Kier alpha value is -1.19. The van der Waals surface area contributed by atoms with Crippen LogP contribution in [0.5, 0.6) is 0 Å². The van der Waals surface area contributed by atoms with Gasteiger partial charge in [0.05, 0.1) is 16.6 Å². The second-order valence-electron chi connectivity index (χ2n) is 5.25. The predicted molar refractivity (Wildman–Crippen MR) is 84.0 cm³/mol. The van der Waals surface area contributed by atoms with Gasteiger partial charge in [0.15, 0.2) is 0 Å². The molecule has 1 fully saturated rings. The molecular formula is C16H21ClN2O. The number of Topliss-reactive ketones (excluding diaryl/α,β-unsaturated/α-hetero) is 1. The van der Waals surface area contributed by atoms with E-state index in [0.29, 0.717) is 17.5 Å². The van der Waals surface area contributed by atoms with Crippen LogP contribution in [0.3, 0.4) is 0 Å². The van der Waals surface area contributed by atoms with Crippen molar-refractivity contribution in [3.63, 3.8) is 0 Å². The molecule has 1 N–H and O–H groups in total. The molecule has 20 heavy (non-hydrogen) atoms. The van der Waals surface area contributed by atoms with Crippen LogP contribution in [0.1, 0.15) is 44.7 Å². The van der Waals surface area contributed by atoms with Gasteiger partial charge in [-0.05, 0) is 37.6 Å². The maximum Gasteiger partial charge on any atom is 0.141 e. The van der Waals surface area contributed by atoms with Gasteiger partial charge in [0.1, 0.15) is 5.78 Å². The number of hydrogen-bond donors (Lipinski definition) is 1. The van der Waals surface area contributed by atoms with Gasteiger partial charge in [-0.2, -0.15) is 0 Å². The van der Waals surface area contributed by atoms with Crippen molar-refractivity contribution in [2.45, 2.75) is 39.2 Å². The quantitative estimate of drug-likeness (QED) is 0.908. The molecule has 3 nitrogen and oxygen atoms in total. The molecule has 2 rings (SSSR count). The predicted octanol–water partition coefficient (Wildman–Crippen LogP) is 4.08. The van der Waals surface area contributed by atoms with Crippen molar-refractivity contribution in [1.29, 1.82) is 0 Å². The molecule has 0 saturated heterocycles. The van der Waals surface area contributed by atoms with E-state index in [2.05, 4.69) is 23.3 Å². The molecule has 0 amide bonds. The van der Waals surface area contributed by atoms with Crippen LogP contribution in [0, 0.1) is 5.92 Å². The third-order valence-corrected chi connectivity index (χ3v) is 4.31. The normalized spacial score (nSPS) is 22.5. The topological polar surface area (TPSA) is 41.5 Å². The molecule has 0 radical (unpaired) electrons. The Bertz CT molecular complexity index is 535. The van der Waals surface area contributed by atoms with Crippen molar-refractivity contribution in [3.8, 4) is 0 Å². The maximum atomic E-state index is 11.6. The van der Waals surface area contributed by atoms with Gasteiger partial charge in [-0.1, -0.05) is 31.5 Å². The summed E-state index contributed by atoms with van der Waals surface area (Å²) in [6.45, 7) is 4.06. The first-order valence-electron chi connectivity index (χ1n) is 7.13. The fourth-order valence-corrected chi connectivity index (χ4v) is 2.85. The lowest BCUT2D eigenvalue weighted by molar-refractivity contribution is -0.119. The lowest BCUT2D eigenvalue weighted by Gasteiger charge is -2.15. The van der Waals surface area contributed by atoms with E-state index in [0.717, 1.165) is 24.2 Å². The van der Waals surface area contributed by atoms with Crippen LogP contribution in [-0.4, -0.2) is 18.5 Å². The van der Waals surface area contributed by atoms with Gasteiger partial charge in [-0.3, -0.25) is 9.79 Å². The highest BCUT2D eigenvalue weighted by molar-refractivity contribution is 6.33. The number of rotatable bonds is 4. The molecule has 0 aromatic heterocycles. The summed E-state index contributed by atoms with van der Waals surface area (Å²) in [5, 5.41) is 3.91. The van der Waals surface area contributed by atoms with Crippen LogP contribution in [0.4, 0.5) is 5.69 Å². The van der Waals surface area contributed by atoms with E-state index in [1.165, 1.54) is 5.56 Å². The zero-order valence-corrected chi connectivity index (χ0v) is 13.0. The second-order valence-corrected chi connectivity index (χ2v) is 5.66. The summed E-state index contributed by atoms with van der Waals surface area (Å²) in [6, 6.07) is 6.27. The van der Waals surface area contributed by atoms with Crippen LogP contribution in [0.2, 0.25) is 5.02 Å². The summed E-state index contributed by atoms with van der Waals surface area (Å²) in [7, 11) is 1.95. The zero-order valence-electron chi connectivity index (χ0n) is 12.2. The van der Waals surface area contributed by atoms with Gasteiger partial charge in [-0.15, -0.1) is 0 Å². The third kappa shape index (κ3) is 3.10. The maximum absolute atomic E-state index is 11.6. The number of aliphatic imine (C=N–C) groups is 1. The number of hydrogen-bond acceptors (Lipinski definition) is 3. The molecule has 0 spiro atoms. The Kier molecular flexibility index (Phi) is 4.95. The van der Waals surface area contributed by atoms with Crippen LogP contribution < -0.4 is 5.32 Å². The first-order chi connectivity index (χ1) is 9.56. The summed E-state index contributed by atoms with van der Waals surface area (Å²) in [5.41, 5.74) is 2.88. The molecule has 1 aromatic rings. The van der Waals surface area contributed by atoms with E-state index in [9.17, 15) is 4.79 Å². The molecule has 1 saturated carbocycles. The van der Waals surface area contributed by atoms with E-state index in [-0.39, 0.29) is 11.7 Å². The summed E-state index contributed by atoms with van der Waals surface area (Å²) in [5.74, 6) is 0.212. The van der Waals surface area contributed by atoms with E-state index >= 15 is 0 Å². The highest BCUT2D eigenvalue weighted by Gasteiger charge is 2.26. The summed E-state index contributed by atoms with van der Waals surface area (Å²) >= 11 is 6.33. The Balaban J connectivity index is 2.27. The molecule has 1 aromatic carbocycles. The number of ketones is 1. The second kappa shape index (κ2) is 6.51. The molecule has 4 heteroatoms. The minimum atomic E-state index is -0.0635. The van der Waals surface area contributed by atoms with Crippen molar-refractivity contribution in [1.82, 2.24) is 5.32 Å². The van der Waals surface area contributed by atoms with Crippen LogP contribution in [-0.2, 0) is 4.79 Å². The highest BCUT2D eigenvalue weighted by atomic mass is 35.5. The largest absolute Gasteiger partial charge is 0.313 e. The van der Waals surface area contributed by atoms with E-state index in [1.807, 2.05) is 26.1 Å². The number of carbonyl (C=O) groups excluding carboxylic acids is 1. The van der Waals surface area contributed by atoms with Crippen LogP contribution >= 0.6 is 11.6 Å². The standard InChI is InChI=1S/C16H21ClN2O/c1-4-13(18-3)11-5-6-15(12(17)9-11)19-14-7-8-16(20)10(14)2/h5-6,9-10,13,18H,4,7-8H2,1-3H3. The highest BCUT2D eigenvalue weighted by Crippen LogP contribution is 2.31. The molecule has 2 atom stereocenters. The van der Waals surface area contributed by atoms with Crippen molar-refractivity contribution < 1.29 is 4.79 Å². The summed E-state index contributed by atoms with van der Waals surface area (Å²) in [4.78, 5) is 16.1. The summed E-state index contributed by atoms with van der Waals surface area (Å²) in [6.07, 6.45) is 2.37. The first-order valence-corrected chi connectivity index (χ1v) is 7.51. The Morgan fingerprint density at radius 1 is 1.45 bits per heavy atom. The third-order valence-electron chi connectivity index (χ3n) is 4.01. The van der Waals surface area contributed by atoms with Gasteiger partial charge < -0.3 is 5.32 Å². The minimum absolute atomic E-state index is 0.0635. The van der Waals surface area contributed by atoms with Crippen molar-refractivity contribution in [2.24, 2.45) is 10.9 Å². The van der Waals surface area contributed by atoms with Crippen molar-refractivity contribution in [2.75, 3.05) is 7.05 Å². The molecule has 2 unspecified atom stereocenters. The zero-order chi connectivity index (χ0) is 14.7. The minimum Gasteiger partial charge on any atom is -0.313 e. The Morgan fingerprint density at radius 3 is 2.70 bits per heavy atom. The molecule has 1 aliphatic carbocycles. The fourth-order valence-electron chi connectivity index (χ4n) is 2.61. The number of halogens is 1. The van der Waals surface area contributed by atoms with Gasteiger partial charge in [0.25, 0.3) is 0 Å². The Labute approximate surface area is 125 Å². The monoisotopic (exact) mass is 292 g/mol. The van der Waals surface area contributed by atoms with Crippen LogP contribution in [0.15, 0.2) is 23.2 Å². The van der Waals surface area contributed by atoms with E-state index in [4.69, 9.17) is 11.6 Å². The SMILES string of the molecule is CCC(NC)c1ccc(N=C2CCC(=O)C2C)c(Cl)c1. The molecule has 0 heterocycles. The number of nitrogens with zero attached hydrogens (tertiary/aromatic N) is 1. The van der Waals surface area contributed by atoms with Gasteiger partial charge in [-0.25, -0.2) is 0 Å². The van der Waals surface area contributed by atoms with Gasteiger partial charge >= 0.3 is 0 Å². The Morgan fingerprint density at radius 2 is 2.20 bits per heavy atom. The van der Waals surface area contributed by atoms with Crippen LogP contribution in [0.25, 0.3) is 0 Å².